The summed E-state index contributed by atoms with van der Waals surface area (Å²) in [5.41, 5.74) is 1.12. The summed E-state index contributed by atoms with van der Waals surface area (Å²) < 4.78 is 19.2. The molecule has 1 N–H and O–H groups in total. The number of thioether (sulfide) groups is 1. The van der Waals surface area contributed by atoms with Gasteiger partial charge in [0.25, 0.3) is 0 Å². The Kier molecular flexibility index (Phi) is 8.28. The molecule has 3 rings (SSSR count). The fourth-order valence-electron chi connectivity index (χ4n) is 3.45. The molecule has 0 aromatic heterocycles. The molecule has 2 saturated heterocycles. The minimum absolute atomic E-state index is 0. The van der Waals surface area contributed by atoms with Gasteiger partial charge in [-0.3, -0.25) is 4.99 Å². The molecule has 2 heterocycles. The maximum atomic E-state index is 13.6. The first-order chi connectivity index (χ1) is 11.7. The number of rotatable bonds is 5. The predicted molar refractivity (Wildman–Crippen MR) is 113 cm³/mol. The molecule has 2 fully saturated rings. The number of nitrogens with zero attached hydrogens (tertiary/aromatic N) is 2. The molecule has 0 aliphatic carbocycles. The van der Waals surface area contributed by atoms with Crippen LogP contribution in [0.1, 0.15) is 18.4 Å². The lowest BCUT2D eigenvalue weighted by Crippen LogP contribution is -2.42. The number of ether oxygens (including phenoxy) is 1. The molecule has 2 aliphatic rings. The Morgan fingerprint density at radius 3 is 2.96 bits per heavy atom. The molecule has 0 bridgehead atoms. The number of hydrogen-bond acceptors (Lipinski definition) is 3. The van der Waals surface area contributed by atoms with E-state index in [4.69, 9.17) is 4.74 Å². The molecule has 7 heteroatoms. The van der Waals surface area contributed by atoms with Crippen LogP contribution in [0.2, 0.25) is 0 Å². The molecule has 25 heavy (non-hydrogen) atoms. The minimum atomic E-state index is -0.116. The zero-order chi connectivity index (χ0) is 16.8. The summed E-state index contributed by atoms with van der Waals surface area (Å²) in [5.74, 6) is 2.49. The van der Waals surface area contributed by atoms with Crippen molar-refractivity contribution in [2.75, 3.05) is 45.6 Å². The number of guanidine groups is 1. The second kappa shape index (κ2) is 9.97. The van der Waals surface area contributed by atoms with Crippen LogP contribution >= 0.6 is 35.7 Å². The standard InChI is InChI=1S/C18H26FN3OS.HI/c1-20-17(22-9-6-18(13-22)7-10-23-14-18)21-8-11-24-12-15-4-2-3-5-16(15)19;/h2-5H,6-14H2,1H3,(H,20,21);1H. The molecule has 1 atom stereocenters. The Morgan fingerprint density at radius 2 is 2.24 bits per heavy atom. The zero-order valence-electron chi connectivity index (χ0n) is 14.7. The van der Waals surface area contributed by atoms with E-state index in [9.17, 15) is 4.39 Å². The second-order valence-electron chi connectivity index (χ2n) is 6.59. The largest absolute Gasteiger partial charge is 0.381 e. The summed E-state index contributed by atoms with van der Waals surface area (Å²) in [6.07, 6.45) is 2.36. The van der Waals surface area contributed by atoms with Gasteiger partial charge >= 0.3 is 0 Å². The first kappa shape index (κ1) is 20.8. The van der Waals surface area contributed by atoms with Crippen molar-refractivity contribution in [2.24, 2.45) is 10.4 Å². The van der Waals surface area contributed by atoms with Gasteiger partial charge in [0, 0.05) is 50.2 Å². The van der Waals surface area contributed by atoms with Crippen LogP contribution in [0.15, 0.2) is 29.3 Å². The van der Waals surface area contributed by atoms with Crippen LogP contribution in [0.5, 0.6) is 0 Å². The van der Waals surface area contributed by atoms with Gasteiger partial charge in [0.05, 0.1) is 6.61 Å². The minimum Gasteiger partial charge on any atom is -0.381 e. The molecule has 4 nitrogen and oxygen atoms in total. The average Bonchev–Trinajstić information content (AvgIpc) is 3.23. The van der Waals surface area contributed by atoms with Crippen LogP contribution in [-0.4, -0.2) is 56.5 Å². The number of halogens is 2. The Hall–Kier alpha value is -0.540. The highest BCUT2D eigenvalue weighted by molar-refractivity contribution is 14.0. The van der Waals surface area contributed by atoms with E-state index in [1.807, 2.05) is 19.2 Å². The molecule has 0 amide bonds. The summed E-state index contributed by atoms with van der Waals surface area (Å²) in [7, 11) is 1.84. The van der Waals surface area contributed by atoms with Crippen molar-refractivity contribution < 1.29 is 9.13 Å². The Labute approximate surface area is 171 Å². The van der Waals surface area contributed by atoms with E-state index in [2.05, 4.69) is 15.2 Å². The highest BCUT2D eigenvalue weighted by Gasteiger charge is 2.42. The summed E-state index contributed by atoms with van der Waals surface area (Å²) in [4.78, 5) is 6.76. The number of nitrogens with one attached hydrogen (secondary N) is 1. The van der Waals surface area contributed by atoms with Gasteiger partial charge < -0.3 is 15.0 Å². The summed E-state index contributed by atoms with van der Waals surface area (Å²) in [6, 6.07) is 6.98. The van der Waals surface area contributed by atoms with Crippen molar-refractivity contribution in [3.63, 3.8) is 0 Å². The topological polar surface area (TPSA) is 36.9 Å². The lowest BCUT2D eigenvalue weighted by atomic mass is 9.87. The molecule has 1 unspecified atom stereocenters. The third-order valence-electron chi connectivity index (χ3n) is 4.88. The van der Waals surface area contributed by atoms with Gasteiger partial charge in [0.15, 0.2) is 5.96 Å². The normalized spacial score (nSPS) is 23.1. The van der Waals surface area contributed by atoms with Gasteiger partial charge in [0.2, 0.25) is 0 Å². The lowest BCUT2D eigenvalue weighted by molar-refractivity contribution is 0.156. The second-order valence-corrected chi connectivity index (χ2v) is 7.70. The van der Waals surface area contributed by atoms with Crippen LogP contribution < -0.4 is 5.32 Å². The monoisotopic (exact) mass is 479 g/mol. The van der Waals surface area contributed by atoms with Crippen LogP contribution in [0.3, 0.4) is 0 Å². The van der Waals surface area contributed by atoms with Crippen LogP contribution in [0, 0.1) is 11.2 Å². The van der Waals surface area contributed by atoms with Crippen molar-refractivity contribution in [3.05, 3.63) is 35.6 Å². The molecular weight excluding hydrogens is 452 g/mol. The number of likely N-dealkylation sites (tertiary alicyclic amines) is 1. The van der Waals surface area contributed by atoms with Gasteiger partial charge in [0.1, 0.15) is 5.82 Å². The molecule has 0 radical (unpaired) electrons. The summed E-state index contributed by atoms with van der Waals surface area (Å²) in [5, 5.41) is 3.44. The molecule has 1 spiro atoms. The molecular formula is C18H27FIN3OS. The highest BCUT2D eigenvalue weighted by atomic mass is 127. The molecule has 140 valence electrons. The number of hydrogen-bond donors (Lipinski definition) is 1. The van der Waals surface area contributed by atoms with Crippen molar-refractivity contribution >= 4 is 41.7 Å². The molecule has 1 aromatic rings. The van der Waals surface area contributed by atoms with E-state index in [0.717, 1.165) is 50.1 Å². The van der Waals surface area contributed by atoms with Crippen molar-refractivity contribution in [2.45, 2.75) is 18.6 Å². The van der Waals surface area contributed by atoms with Gasteiger partial charge in [-0.25, -0.2) is 4.39 Å². The quantitative estimate of drug-likeness (QED) is 0.304. The van der Waals surface area contributed by atoms with Crippen LogP contribution in [0.4, 0.5) is 4.39 Å². The fraction of sp³-hybridized carbons (Fsp3) is 0.611. The van der Waals surface area contributed by atoms with E-state index in [0.29, 0.717) is 11.2 Å². The molecule has 2 aliphatic heterocycles. The van der Waals surface area contributed by atoms with Crippen molar-refractivity contribution in [1.82, 2.24) is 10.2 Å². The van der Waals surface area contributed by atoms with Gasteiger partial charge in [-0.2, -0.15) is 11.8 Å². The first-order valence-corrected chi connectivity index (χ1v) is 9.72. The van der Waals surface area contributed by atoms with Crippen LogP contribution in [0.25, 0.3) is 0 Å². The van der Waals surface area contributed by atoms with Gasteiger partial charge in [-0.05, 0) is 24.5 Å². The predicted octanol–water partition coefficient (Wildman–Crippen LogP) is 3.36. The maximum absolute atomic E-state index is 13.6. The third-order valence-corrected chi connectivity index (χ3v) is 5.89. The van der Waals surface area contributed by atoms with E-state index in [1.54, 1.807) is 17.8 Å². The third kappa shape index (κ3) is 5.47. The summed E-state index contributed by atoms with van der Waals surface area (Å²) >= 11 is 1.74. The number of aliphatic imine (C=N–C) groups is 1. The van der Waals surface area contributed by atoms with Crippen molar-refractivity contribution in [3.8, 4) is 0 Å². The average molecular weight is 479 g/mol. The lowest BCUT2D eigenvalue weighted by Gasteiger charge is -2.24. The molecule has 0 saturated carbocycles. The SMILES string of the molecule is CN=C(NCCSCc1ccccc1F)N1CCC2(CCOC2)C1.I. The maximum Gasteiger partial charge on any atom is 0.193 e. The Balaban J connectivity index is 0.00000225. The smallest absolute Gasteiger partial charge is 0.193 e. The van der Waals surface area contributed by atoms with Gasteiger partial charge in [-0.15, -0.1) is 24.0 Å². The zero-order valence-corrected chi connectivity index (χ0v) is 17.8. The van der Waals surface area contributed by atoms with E-state index >= 15 is 0 Å². The first-order valence-electron chi connectivity index (χ1n) is 8.57. The number of benzene rings is 1. The highest BCUT2D eigenvalue weighted by Crippen LogP contribution is 2.38. The van der Waals surface area contributed by atoms with Gasteiger partial charge in [-0.1, -0.05) is 18.2 Å². The van der Waals surface area contributed by atoms with E-state index < -0.39 is 0 Å². The van der Waals surface area contributed by atoms with Crippen molar-refractivity contribution in [1.29, 1.82) is 0 Å². The molecule has 1 aromatic carbocycles. The Morgan fingerprint density at radius 1 is 1.40 bits per heavy atom. The van der Waals surface area contributed by atoms with E-state index in [1.165, 1.54) is 18.9 Å². The van der Waals surface area contributed by atoms with Crippen LogP contribution in [-0.2, 0) is 10.5 Å². The fourth-order valence-corrected chi connectivity index (χ4v) is 4.30. The Bertz CT molecular complexity index is 581. The van der Waals surface area contributed by atoms with E-state index in [-0.39, 0.29) is 29.8 Å². The summed E-state index contributed by atoms with van der Waals surface area (Å²) in [6.45, 7) is 4.71.